The predicted octanol–water partition coefficient (Wildman–Crippen LogP) is 4.01. The van der Waals surface area contributed by atoms with Crippen molar-refractivity contribution in [2.75, 3.05) is 7.11 Å². The summed E-state index contributed by atoms with van der Waals surface area (Å²) in [4.78, 5) is 11.9. The lowest BCUT2D eigenvalue weighted by molar-refractivity contribution is -0.145. The van der Waals surface area contributed by atoms with Gasteiger partial charge in [-0.1, -0.05) is 37.5 Å². The molecule has 0 heterocycles. The Morgan fingerprint density at radius 1 is 1.35 bits per heavy atom. The fraction of sp³-hybridized carbons (Fsp3) is 0.562. The van der Waals surface area contributed by atoms with Crippen LogP contribution in [0.1, 0.15) is 56.3 Å². The van der Waals surface area contributed by atoms with E-state index in [1.54, 1.807) is 18.2 Å². The van der Waals surface area contributed by atoms with E-state index >= 15 is 0 Å². The first-order chi connectivity index (χ1) is 9.53. The molecule has 4 heteroatoms. The van der Waals surface area contributed by atoms with Crippen LogP contribution in [0.5, 0.6) is 5.75 Å². The molecule has 1 saturated carbocycles. The normalized spacial score (nSPS) is 19.4. The minimum atomic E-state index is -1.18. The van der Waals surface area contributed by atoms with Crippen molar-refractivity contribution in [2.24, 2.45) is 0 Å². The Labute approximate surface area is 118 Å². The number of carboxylic acid groups (broad SMARTS) is 1. The minimum Gasteiger partial charge on any atom is -0.496 e. The van der Waals surface area contributed by atoms with Gasteiger partial charge in [0.15, 0.2) is 0 Å². The third-order valence-electron chi connectivity index (χ3n) is 4.31. The zero-order valence-electron chi connectivity index (χ0n) is 12.0. The first-order valence-corrected chi connectivity index (χ1v) is 7.08. The lowest BCUT2D eigenvalue weighted by atomic mass is 9.68. The summed E-state index contributed by atoms with van der Waals surface area (Å²) < 4.78 is 19.1. The molecule has 20 heavy (non-hydrogen) atoms. The van der Waals surface area contributed by atoms with Crippen LogP contribution in [0, 0.1) is 0 Å². The average molecular weight is 280 g/mol. The minimum absolute atomic E-state index is 0.395. The number of para-hydroxylation sites is 1. The summed E-state index contributed by atoms with van der Waals surface area (Å²) in [7, 11) is 1.48. The van der Waals surface area contributed by atoms with Gasteiger partial charge >= 0.3 is 5.97 Å². The van der Waals surface area contributed by atoms with Crippen molar-refractivity contribution >= 4 is 5.97 Å². The summed E-state index contributed by atoms with van der Waals surface area (Å²) in [6, 6.07) is 5.15. The van der Waals surface area contributed by atoms with Crippen molar-refractivity contribution in [3.05, 3.63) is 29.3 Å². The number of halogens is 1. The Morgan fingerprint density at radius 2 is 2.00 bits per heavy atom. The molecule has 0 aliphatic heterocycles. The fourth-order valence-electron chi connectivity index (χ4n) is 3.23. The SMILES string of the molecule is COc1c(C(C)F)cccc1C1(C(=O)O)CCCCC1. The van der Waals surface area contributed by atoms with Gasteiger partial charge in [-0.3, -0.25) is 4.79 Å². The van der Waals surface area contributed by atoms with E-state index in [0.717, 1.165) is 19.3 Å². The summed E-state index contributed by atoms with van der Waals surface area (Å²) in [5.74, 6) is -0.439. The van der Waals surface area contributed by atoms with Gasteiger partial charge in [0, 0.05) is 11.1 Å². The van der Waals surface area contributed by atoms with Crippen molar-refractivity contribution < 1.29 is 19.0 Å². The molecule has 1 aromatic rings. The Kier molecular flexibility index (Phi) is 4.31. The van der Waals surface area contributed by atoms with Gasteiger partial charge in [0.2, 0.25) is 0 Å². The van der Waals surface area contributed by atoms with Gasteiger partial charge in [0.1, 0.15) is 11.9 Å². The molecule has 0 spiro atoms. The molecule has 0 aromatic heterocycles. The summed E-state index contributed by atoms with van der Waals surface area (Å²) in [6.07, 6.45) is 2.80. The quantitative estimate of drug-likeness (QED) is 0.906. The monoisotopic (exact) mass is 280 g/mol. The van der Waals surface area contributed by atoms with E-state index in [9.17, 15) is 14.3 Å². The number of carboxylic acids is 1. The zero-order valence-corrected chi connectivity index (χ0v) is 12.0. The van der Waals surface area contributed by atoms with E-state index < -0.39 is 17.6 Å². The molecule has 1 aromatic carbocycles. The van der Waals surface area contributed by atoms with Crippen molar-refractivity contribution in [1.29, 1.82) is 0 Å². The highest BCUT2D eigenvalue weighted by atomic mass is 19.1. The average Bonchev–Trinajstić information content (AvgIpc) is 2.46. The van der Waals surface area contributed by atoms with E-state index in [4.69, 9.17) is 4.74 Å². The molecule has 1 aliphatic rings. The molecule has 1 unspecified atom stereocenters. The van der Waals surface area contributed by atoms with Crippen LogP contribution in [0.2, 0.25) is 0 Å². The molecule has 0 bridgehead atoms. The van der Waals surface area contributed by atoms with Crippen molar-refractivity contribution in [3.63, 3.8) is 0 Å². The Bertz CT molecular complexity index is 490. The smallest absolute Gasteiger partial charge is 0.314 e. The predicted molar refractivity (Wildman–Crippen MR) is 74.9 cm³/mol. The topological polar surface area (TPSA) is 46.5 Å². The molecule has 3 nitrogen and oxygen atoms in total. The Balaban J connectivity index is 2.59. The first-order valence-electron chi connectivity index (χ1n) is 7.08. The Morgan fingerprint density at radius 3 is 2.50 bits per heavy atom. The van der Waals surface area contributed by atoms with E-state index in [2.05, 4.69) is 0 Å². The van der Waals surface area contributed by atoms with Gasteiger partial charge in [0.05, 0.1) is 12.5 Å². The number of ether oxygens (including phenoxy) is 1. The molecule has 110 valence electrons. The molecule has 2 rings (SSSR count). The van der Waals surface area contributed by atoms with E-state index in [0.29, 0.717) is 29.7 Å². The number of benzene rings is 1. The van der Waals surface area contributed by atoms with Crippen molar-refractivity contribution in [2.45, 2.75) is 50.6 Å². The maximum absolute atomic E-state index is 13.7. The molecule has 1 fully saturated rings. The molecule has 1 atom stereocenters. The number of carbonyl (C=O) groups is 1. The molecule has 1 N–H and O–H groups in total. The van der Waals surface area contributed by atoms with Gasteiger partial charge in [-0.25, -0.2) is 4.39 Å². The number of alkyl halides is 1. The standard InChI is InChI=1S/C16H21FO3/c1-11(17)12-7-6-8-13(14(12)20-2)16(15(18)19)9-4-3-5-10-16/h6-8,11H,3-5,9-10H2,1-2H3,(H,18,19). The second-order valence-electron chi connectivity index (χ2n) is 5.49. The number of rotatable bonds is 4. The second kappa shape index (κ2) is 5.81. The van der Waals surface area contributed by atoms with Crippen LogP contribution in [-0.4, -0.2) is 18.2 Å². The van der Waals surface area contributed by atoms with Crippen LogP contribution in [0.4, 0.5) is 4.39 Å². The second-order valence-corrected chi connectivity index (χ2v) is 5.49. The third kappa shape index (κ3) is 2.39. The maximum Gasteiger partial charge on any atom is 0.314 e. The highest BCUT2D eigenvalue weighted by Crippen LogP contribution is 2.45. The lowest BCUT2D eigenvalue weighted by Gasteiger charge is -2.35. The van der Waals surface area contributed by atoms with E-state index in [1.807, 2.05) is 0 Å². The molecule has 1 aliphatic carbocycles. The Hall–Kier alpha value is -1.58. The molecular weight excluding hydrogens is 259 g/mol. The van der Waals surface area contributed by atoms with Crippen LogP contribution in [0.3, 0.4) is 0 Å². The molecular formula is C16H21FO3. The van der Waals surface area contributed by atoms with Crippen LogP contribution in [0.15, 0.2) is 18.2 Å². The van der Waals surface area contributed by atoms with Crippen LogP contribution in [-0.2, 0) is 10.2 Å². The highest BCUT2D eigenvalue weighted by Gasteiger charge is 2.43. The molecule has 0 amide bonds. The highest BCUT2D eigenvalue weighted by molar-refractivity contribution is 5.83. The largest absolute Gasteiger partial charge is 0.496 e. The van der Waals surface area contributed by atoms with Gasteiger partial charge in [-0.2, -0.15) is 0 Å². The van der Waals surface area contributed by atoms with Crippen LogP contribution < -0.4 is 4.74 Å². The summed E-state index contributed by atoms with van der Waals surface area (Å²) in [5.41, 5.74) is 0.111. The number of hydrogen-bond acceptors (Lipinski definition) is 2. The van der Waals surface area contributed by atoms with Gasteiger partial charge < -0.3 is 9.84 Å². The summed E-state index contributed by atoms with van der Waals surface area (Å²) in [5, 5.41) is 9.74. The summed E-state index contributed by atoms with van der Waals surface area (Å²) >= 11 is 0. The third-order valence-corrected chi connectivity index (χ3v) is 4.31. The summed E-state index contributed by atoms with van der Waals surface area (Å²) in [6.45, 7) is 1.44. The number of aliphatic carboxylic acids is 1. The van der Waals surface area contributed by atoms with Crippen molar-refractivity contribution in [1.82, 2.24) is 0 Å². The number of hydrogen-bond donors (Lipinski definition) is 1. The maximum atomic E-state index is 13.7. The van der Waals surface area contributed by atoms with Crippen LogP contribution in [0.25, 0.3) is 0 Å². The van der Waals surface area contributed by atoms with E-state index in [1.165, 1.54) is 14.0 Å². The van der Waals surface area contributed by atoms with E-state index in [-0.39, 0.29) is 0 Å². The van der Waals surface area contributed by atoms with Gasteiger partial charge in [-0.05, 0) is 19.8 Å². The first kappa shape index (κ1) is 14.8. The fourth-order valence-corrected chi connectivity index (χ4v) is 3.23. The van der Waals surface area contributed by atoms with Crippen molar-refractivity contribution in [3.8, 4) is 5.75 Å². The molecule has 0 saturated heterocycles. The zero-order chi connectivity index (χ0) is 14.8. The number of methoxy groups -OCH3 is 1. The van der Waals surface area contributed by atoms with Gasteiger partial charge in [-0.15, -0.1) is 0 Å². The lowest BCUT2D eigenvalue weighted by Crippen LogP contribution is -2.38. The van der Waals surface area contributed by atoms with Crippen LogP contribution >= 0.6 is 0 Å². The molecule has 0 radical (unpaired) electrons. The van der Waals surface area contributed by atoms with Gasteiger partial charge in [0.25, 0.3) is 0 Å².